The summed E-state index contributed by atoms with van der Waals surface area (Å²) < 4.78 is 4.98. The van der Waals surface area contributed by atoms with Gasteiger partial charge in [0.25, 0.3) is 0 Å². The van der Waals surface area contributed by atoms with Crippen molar-refractivity contribution in [3.8, 4) is 0 Å². The highest BCUT2D eigenvalue weighted by atomic mass is 32.1. The van der Waals surface area contributed by atoms with Crippen molar-refractivity contribution < 1.29 is 9.53 Å². The van der Waals surface area contributed by atoms with Gasteiger partial charge in [-0.05, 0) is 39.3 Å². The van der Waals surface area contributed by atoms with Crippen LogP contribution in [0.1, 0.15) is 37.6 Å². The van der Waals surface area contributed by atoms with Gasteiger partial charge in [-0.15, -0.1) is 22.7 Å². The third-order valence-electron chi connectivity index (χ3n) is 2.90. The molecule has 4 nitrogen and oxygen atoms in total. The van der Waals surface area contributed by atoms with Gasteiger partial charge >= 0.3 is 5.97 Å². The van der Waals surface area contributed by atoms with Crippen LogP contribution in [-0.4, -0.2) is 17.6 Å². The number of aryl methyl sites for hydroxylation is 3. The zero-order chi connectivity index (χ0) is 14.7. The zero-order valence-electron chi connectivity index (χ0n) is 12.1. The molecule has 2 heterocycles. The van der Waals surface area contributed by atoms with Crippen LogP contribution in [0.5, 0.6) is 0 Å². The molecule has 0 spiro atoms. The minimum absolute atomic E-state index is 0.350. The first-order valence-electron chi connectivity index (χ1n) is 6.45. The van der Waals surface area contributed by atoms with Crippen LogP contribution in [0.3, 0.4) is 0 Å². The average Bonchev–Trinajstić information content (AvgIpc) is 2.91. The molecular weight excluding hydrogens is 292 g/mol. The number of hydrogen-bond donors (Lipinski definition) is 1. The van der Waals surface area contributed by atoms with Crippen molar-refractivity contribution in [2.24, 2.45) is 0 Å². The van der Waals surface area contributed by atoms with Crippen LogP contribution in [0.2, 0.25) is 0 Å². The van der Waals surface area contributed by atoms with Gasteiger partial charge in [0.2, 0.25) is 0 Å². The highest BCUT2D eigenvalue weighted by Crippen LogP contribution is 2.25. The summed E-state index contributed by atoms with van der Waals surface area (Å²) in [6.07, 6.45) is 0. The fourth-order valence-electron chi connectivity index (χ4n) is 1.76. The minimum atomic E-state index is -0.350. The van der Waals surface area contributed by atoms with Gasteiger partial charge in [0.15, 0.2) is 10.8 Å². The van der Waals surface area contributed by atoms with E-state index in [0.717, 1.165) is 16.6 Å². The van der Waals surface area contributed by atoms with E-state index in [-0.39, 0.29) is 5.97 Å². The van der Waals surface area contributed by atoms with Crippen LogP contribution < -0.4 is 5.32 Å². The molecule has 0 aliphatic carbocycles. The molecule has 2 rings (SSSR count). The summed E-state index contributed by atoms with van der Waals surface area (Å²) >= 11 is 3.26. The molecule has 2 aromatic rings. The topological polar surface area (TPSA) is 51.2 Å². The molecular formula is C14H18N2O2S2. The number of carbonyl (C=O) groups excluding carboxylic acids is 1. The standard InChI is InChI=1S/C14H18N2O2S2/c1-5-18-13(17)12-10(4)20-14(16-12)15-7-11-6-8(2)9(3)19-11/h6H,5,7H2,1-4H3,(H,15,16). The molecule has 6 heteroatoms. The maximum absolute atomic E-state index is 11.7. The second-order valence-electron chi connectivity index (χ2n) is 4.45. The Balaban J connectivity index is 2.03. The minimum Gasteiger partial charge on any atom is -0.461 e. The van der Waals surface area contributed by atoms with Gasteiger partial charge in [0, 0.05) is 14.6 Å². The van der Waals surface area contributed by atoms with E-state index in [2.05, 4.69) is 30.2 Å². The molecule has 0 saturated carbocycles. The third-order valence-corrected chi connectivity index (χ3v) is 4.98. The Hall–Kier alpha value is -1.40. The molecule has 0 radical (unpaired) electrons. The number of rotatable bonds is 5. The molecule has 2 aromatic heterocycles. The van der Waals surface area contributed by atoms with Crippen molar-refractivity contribution in [2.45, 2.75) is 34.2 Å². The molecule has 0 saturated heterocycles. The van der Waals surface area contributed by atoms with Crippen molar-refractivity contribution in [3.05, 3.63) is 32.0 Å². The van der Waals surface area contributed by atoms with Gasteiger partial charge in [-0.3, -0.25) is 0 Å². The number of nitrogens with one attached hydrogen (secondary N) is 1. The summed E-state index contributed by atoms with van der Waals surface area (Å²) in [6.45, 7) is 9.01. The van der Waals surface area contributed by atoms with Gasteiger partial charge < -0.3 is 10.1 Å². The fraction of sp³-hybridized carbons (Fsp3) is 0.429. The number of esters is 1. The van der Waals surface area contributed by atoms with Crippen molar-refractivity contribution in [1.29, 1.82) is 0 Å². The van der Waals surface area contributed by atoms with E-state index in [1.54, 1.807) is 18.3 Å². The fourth-order valence-corrected chi connectivity index (χ4v) is 3.55. The molecule has 0 unspecified atom stereocenters. The van der Waals surface area contributed by atoms with E-state index in [1.165, 1.54) is 26.7 Å². The normalized spacial score (nSPS) is 10.6. The summed E-state index contributed by atoms with van der Waals surface area (Å²) in [5, 5.41) is 4.03. The first kappa shape index (κ1) is 15.0. The summed E-state index contributed by atoms with van der Waals surface area (Å²) in [5.41, 5.74) is 1.73. The third kappa shape index (κ3) is 3.37. The Morgan fingerprint density at radius 3 is 2.65 bits per heavy atom. The van der Waals surface area contributed by atoms with Crippen LogP contribution in [0.15, 0.2) is 6.07 Å². The molecule has 0 fully saturated rings. The van der Waals surface area contributed by atoms with Crippen LogP contribution in [-0.2, 0) is 11.3 Å². The molecule has 1 N–H and O–H groups in total. The molecule has 0 amide bonds. The quantitative estimate of drug-likeness (QED) is 0.850. The lowest BCUT2D eigenvalue weighted by atomic mass is 10.3. The number of carbonyl (C=O) groups is 1. The Morgan fingerprint density at radius 1 is 1.30 bits per heavy atom. The Morgan fingerprint density at radius 2 is 2.05 bits per heavy atom. The van der Waals surface area contributed by atoms with E-state index >= 15 is 0 Å². The van der Waals surface area contributed by atoms with Crippen LogP contribution in [0.4, 0.5) is 5.13 Å². The molecule has 0 aromatic carbocycles. The van der Waals surface area contributed by atoms with Crippen molar-refractivity contribution >= 4 is 33.8 Å². The second kappa shape index (κ2) is 6.37. The van der Waals surface area contributed by atoms with Crippen LogP contribution in [0, 0.1) is 20.8 Å². The monoisotopic (exact) mass is 310 g/mol. The van der Waals surface area contributed by atoms with E-state index in [9.17, 15) is 4.79 Å². The number of aromatic nitrogens is 1. The number of hydrogen-bond acceptors (Lipinski definition) is 6. The lowest BCUT2D eigenvalue weighted by Gasteiger charge is -1.99. The Bertz CT molecular complexity index is 597. The van der Waals surface area contributed by atoms with Gasteiger partial charge in [-0.1, -0.05) is 0 Å². The van der Waals surface area contributed by atoms with Crippen molar-refractivity contribution in [2.75, 3.05) is 11.9 Å². The van der Waals surface area contributed by atoms with Gasteiger partial charge in [0.1, 0.15) is 0 Å². The van der Waals surface area contributed by atoms with Gasteiger partial charge in [-0.25, -0.2) is 9.78 Å². The van der Waals surface area contributed by atoms with Crippen LogP contribution >= 0.6 is 22.7 Å². The highest BCUT2D eigenvalue weighted by Gasteiger charge is 2.16. The maximum atomic E-state index is 11.7. The second-order valence-corrected chi connectivity index (χ2v) is 6.99. The van der Waals surface area contributed by atoms with E-state index in [1.807, 2.05) is 6.92 Å². The zero-order valence-corrected chi connectivity index (χ0v) is 13.7. The summed E-state index contributed by atoms with van der Waals surface area (Å²) in [7, 11) is 0. The maximum Gasteiger partial charge on any atom is 0.358 e. The first-order valence-corrected chi connectivity index (χ1v) is 8.09. The van der Waals surface area contributed by atoms with Crippen molar-refractivity contribution in [3.63, 3.8) is 0 Å². The number of anilines is 1. The smallest absolute Gasteiger partial charge is 0.358 e. The van der Waals surface area contributed by atoms with Crippen LogP contribution in [0.25, 0.3) is 0 Å². The molecule has 20 heavy (non-hydrogen) atoms. The summed E-state index contributed by atoms with van der Waals surface area (Å²) in [5.74, 6) is -0.350. The number of thiophene rings is 1. The molecule has 0 aliphatic rings. The summed E-state index contributed by atoms with van der Waals surface area (Å²) in [4.78, 5) is 19.5. The Kier molecular flexibility index (Phi) is 4.77. The molecule has 0 aliphatic heterocycles. The van der Waals surface area contributed by atoms with Gasteiger partial charge in [-0.2, -0.15) is 0 Å². The largest absolute Gasteiger partial charge is 0.461 e. The van der Waals surface area contributed by atoms with Crippen molar-refractivity contribution in [1.82, 2.24) is 4.98 Å². The Labute approximate surface area is 126 Å². The molecule has 0 bridgehead atoms. The lowest BCUT2D eigenvalue weighted by Crippen LogP contribution is -2.07. The highest BCUT2D eigenvalue weighted by molar-refractivity contribution is 7.15. The van der Waals surface area contributed by atoms with E-state index in [0.29, 0.717) is 12.3 Å². The number of ether oxygens (including phenoxy) is 1. The van der Waals surface area contributed by atoms with Gasteiger partial charge in [0.05, 0.1) is 13.2 Å². The van der Waals surface area contributed by atoms with E-state index < -0.39 is 0 Å². The average molecular weight is 310 g/mol. The number of thiazole rings is 1. The molecule has 0 atom stereocenters. The SMILES string of the molecule is CCOC(=O)c1nc(NCc2cc(C)c(C)s2)sc1C. The first-order chi connectivity index (χ1) is 9.51. The summed E-state index contributed by atoms with van der Waals surface area (Å²) in [6, 6.07) is 2.18. The predicted octanol–water partition coefficient (Wildman–Crippen LogP) is 3.92. The lowest BCUT2D eigenvalue weighted by molar-refractivity contribution is 0.0519. The molecule has 108 valence electrons. The predicted molar refractivity (Wildman–Crippen MR) is 83.9 cm³/mol. The number of nitrogens with zero attached hydrogens (tertiary/aromatic N) is 1. The van der Waals surface area contributed by atoms with E-state index in [4.69, 9.17) is 4.74 Å².